The fraction of sp³-hybridized carbons (Fsp3) is 0.457. The first-order chi connectivity index (χ1) is 23.8. The average molecular weight is 718 g/mol. The molecule has 5 rings (SSSR count). The molecule has 3 atom stereocenters. The molecule has 1 aliphatic rings. The Hall–Kier alpha value is -3.92. The summed E-state index contributed by atoms with van der Waals surface area (Å²) < 4.78 is 65.8. The van der Waals surface area contributed by atoms with Crippen molar-refractivity contribution in [2.45, 2.75) is 81.3 Å². The van der Waals surface area contributed by atoms with Crippen LogP contribution < -0.4 is 26.8 Å². The number of alkyl halides is 3. The summed E-state index contributed by atoms with van der Waals surface area (Å²) >= 11 is 1.58. The maximum Gasteiger partial charge on any atom is 0.573 e. The van der Waals surface area contributed by atoms with Crippen molar-refractivity contribution in [3.63, 3.8) is 0 Å². The predicted molar refractivity (Wildman–Crippen MR) is 188 cm³/mol. The van der Waals surface area contributed by atoms with E-state index in [0.717, 1.165) is 48.8 Å². The van der Waals surface area contributed by atoms with Gasteiger partial charge in [-0.1, -0.05) is 12.5 Å². The van der Waals surface area contributed by atoms with Crippen molar-refractivity contribution < 1.29 is 27.0 Å². The summed E-state index contributed by atoms with van der Waals surface area (Å²) in [7, 11) is 1.53. The number of nitrogens with zero attached hydrogens (tertiary/aromatic N) is 2. The number of piperidine rings is 1. The van der Waals surface area contributed by atoms with Crippen LogP contribution in [0.1, 0.15) is 62.6 Å². The summed E-state index contributed by atoms with van der Waals surface area (Å²) in [5, 5.41) is 14.9. The molecule has 4 aromatic rings. The minimum Gasteiger partial charge on any atom is -0.403 e. The summed E-state index contributed by atoms with van der Waals surface area (Å²) in [4.78, 5) is 21.4. The molecule has 0 aliphatic carbocycles. The Morgan fingerprint density at radius 2 is 2.04 bits per heavy atom. The first-order valence-corrected chi connectivity index (χ1v) is 17.8. The minimum atomic E-state index is -5.10. The minimum absolute atomic E-state index is 0.143. The molecule has 6 N–H and O–H groups in total. The molecule has 15 heteroatoms. The summed E-state index contributed by atoms with van der Waals surface area (Å²) in [6, 6.07) is 10.1. The van der Waals surface area contributed by atoms with Gasteiger partial charge < -0.3 is 30.8 Å². The normalized spacial score (nSPS) is 17.2. The van der Waals surface area contributed by atoms with Crippen LogP contribution in [0.25, 0.3) is 28.0 Å². The van der Waals surface area contributed by atoms with Crippen molar-refractivity contribution in [3.05, 3.63) is 70.0 Å². The molecule has 1 saturated heterocycles. The Morgan fingerprint density at radius 3 is 2.76 bits per heavy atom. The molecule has 50 heavy (non-hydrogen) atoms. The third-order valence-electron chi connectivity index (χ3n) is 8.78. The number of aromatic nitrogens is 3. The molecule has 1 fully saturated rings. The smallest absolute Gasteiger partial charge is 0.403 e. The van der Waals surface area contributed by atoms with Gasteiger partial charge >= 0.3 is 12.1 Å². The first-order valence-electron chi connectivity index (χ1n) is 16.5. The molecule has 0 spiro atoms. The number of fused-ring (bicyclic) bond motifs is 1. The average Bonchev–Trinajstić information content (AvgIpc) is 3.47. The van der Waals surface area contributed by atoms with Crippen LogP contribution in [-0.2, 0) is 11.2 Å². The highest BCUT2D eigenvalue weighted by Gasteiger charge is 2.33. The second-order valence-corrected chi connectivity index (χ2v) is 13.5. The first kappa shape index (κ1) is 37.3. The Kier molecular flexibility index (Phi) is 12.2. The van der Waals surface area contributed by atoms with E-state index in [0.29, 0.717) is 54.4 Å². The van der Waals surface area contributed by atoms with Gasteiger partial charge in [0.1, 0.15) is 5.65 Å². The number of methoxy groups -OCH3 is 1. The zero-order chi connectivity index (χ0) is 36.0. The molecular weight excluding hydrogens is 674 g/mol. The van der Waals surface area contributed by atoms with Gasteiger partial charge in [0.2, 0.25) is 0 Å². The standard InChI is InChI=1S/C35H43F4N7O3S/c1-20(40)42-13-12-24-8-5-9-28(43-24)26-11-10-25(17-31(26)50-3)46-18-22-16-29(44-33(22)45-34(46)47)27-14-21(6-4-7-23(41)19-48-2)15-30(32(27)36)49-35(37,38)39/h10-11,14-18,23-24,28,43H,4-9,12-13,19,41H2,1-3H3,(H2,40,42)(H,44,45,47)/t23-,24+,28+/m1/s1. The van der Waals surface area contributed by atoms with Gasteiger partial charge in [-0.2, -0.15) is 4.98 Å². The number of aryl methyl sites for hydroxylation is 1. The van der Waals surface area contributed by atoms with Crippen LogP contribution in [0.3, 0.4) is 0 Å². The highest BCUT2D eigenvalue weighted by Crippen LogP contribution is 2.36. The number of H-pyrrole nitrogens is 1. The number of benzene rings is 2. The topological polar surface area (TPSA) is 143 Å². The van der Waals surface area contributed by atoms with Crippen molar-refractivity contribution in [3.8, 4) is 22.7 Å². The maximum atomic E-state index is 15.6. The molecule has 0 saturated carbocycles. The summed E-state index contributed by atoms with van der Waals surface area (Å²) in [6.45, 7) is 2.80. The van der Waals surface area contributed by atoms with E-state index in [-0.39, 0.29) is 29.0 Å². The Labute approximate surface area is 292 Å². The molecular formula is C35H43F4N7O3S. The lowest BCUT2D eigenvalue weighted by Gasteiger charge is -2.32. The molecule has 2 aromatic carbocycles. The fourth-order valence-electron chi connectivity index (χ4n) is 6.45. The molecule has 1 aliphatic heterocycles. The number of hydrogen-bond acceptors (Lipinski definition) is 8. The number of hydrogen-bond donors (Lipinski definition) is 5. The van der Waals surface area contributed by atoms with Crippen LogP contribution in [-0.4, -0.2) is 65.3 Å². The Morgan fingerprint density at radius 1 is 1.24 bits per heavy atom. The van der Waals surface area contributed by atoms with Crippen LogP contribution in [0.5, 0.6) is 5.75 Å². The van der Waals surface area contributed by atoms with Crippen molar-refractivity contribution >= 4 is 28.6 Å². The largest absolute Gasteiger partial charge is 0.573 e. The monoisotopic (exact) mass is 717 g/mol. The van der Waals surface area contributed by atoms with E-state index in [4.69, 9.17) is 15.9 Å². The van der Waals surface area contributed by atoms with Gasteiger partial charge in [0.15, 0.2) is 11.6 Å². The van der Waals surface area contributed by atoms with Gasteiger partial charge in [-0.25, -0.2) is 9.18 Å². The van der Waals surface area contributed by atoms with E-state index in [9.17, 15) is 18.0 Å². The highest BCUT2D eigenvalue weighted by atomic mass is 32.2. The molecule has 0 radical (unpaired) electrons. The van der Waals surface area contributed by atoms with Gasteiger partial charge in [0.05, 0.1) is 23.8 Å². The van der Waals surface area contributed by atoms with Gasteiger partial charge in [0, 0.05) is 53.8 Å². The van der Waals surface area contributed by atoms with Gasteiger partial charge in [0.25, 0.3) is 0 Å². The van der Waals surface area contributed by atoms with Crippen LogP contribution in [0.4, 0.5) is 17.6 Å². The quantitative estimate of drug-likeness (QED) is 0.0425. The maximum absolute atomic E-state index is 15.6. The third-order valence-corrected chi connectivity index (χ3v) is 9.57. The molecule has 0 amide bonds. The number of halogens is 4. The molecule has 10 nitrogen and oxygen atoms in total. The zero-order valence-electron chi connectivity index (χ0n) is 28.3. The van der Waals surface area contributed by atoms with E-state index in [1.165, 1.54) is 17.7 Å². The third kappa shape index (κ3) is 9.44. The Bertz CT molecular complexity index is 1860. The van der Waals surface area contributed by atoms with Crippen molar-refractivity contribution in [2.75, 3.05) is 26.5 Å². The van der Waals surface area contributed by atoms with E-state index < -0.39 is 23.6 Å². The second-order valence-electron chi connectivity index (χ2n) is 12.6. The van der Waals surface area contributed by atoms with Crippen molar-refractivity contribution in [2.24, 2.45) is 5.73 Å². The fourth-order valence-corrected chi connectivity index (χ4v) is 7.13. The number of nitrogens with two attached hydrogens (primary N) is 1. The predicted octanol–water partition coefficient (Wildman–Crippen LogP) is 6.60. The summed E-state index contributed by atoms with van der Waals surface area (Å²) in [6.07, 6.45) is 3.92. The lowest BCUT2D eigenvalue weighted by atomic mass is 9.92. The van der Waals surface area contributed by atoms with Gasteiger partial charge in [-0.3, -0.25) is 9.98 Å². The SMILES string of the molecule is COC[C@H](N)CCCc1cc(OC(F)(F)F)c(F)c(-c2cc3cn(-c4ccc([C@@H]5CCC[C@@H](CCNC(C)=N)N5)c(SC)c4)c(=O)nc3[nH]2)c1. The van der Waals surface area contributed by atoms with Crippen LogP contribution >= 0.6 is 11.8 Å². The number of aromatic amines is 1. The van der Waals surface area contributed by atoms with Crippen LogP contribution in [0, 0.1) is 11.2 Å². The number of amidine groups is 1. The van der Waals surface area contributed by atoms with E-state index in [2.05, 4.69) is 25.3 Å². The number of ether oxygens (including phenoxy) is 2. The van der Waals surface area contributed by atoms with Crippen molar-refractivity contribution in [1.29, 1.82) is 5.41 Å². The molecule has 0 bridgehead atoms. The number of thioether (sulfide) groups is 1. The zero-order valence-corrected chi connectivity index (χ0v) is 29.1. The van der Waals surface area contributed by atoms with Gasteiger partial charge in [-0.05, 0) is 93.2 Å². The lowest BCUT2D eigenvalue weighted by molar-refractivity contribution is -0.275. The molecule has 3 heterocycles. The number of nitrogens with one attached hydrogen (secondary N) is 4. The molecule has 2 aromatic heterocycles. The van der Waals surface area contributed by atoms with Crippen LogP contribution in [0.15, 0.2) is 52.3 Å². The van der Waals surface area contributed by atoms with E-state index >= 15 is 4.39 Å². The summed E-state index contributed by atoms with van der Waals surface area (Å²) in [5.41, 5.74) is 7.76. The number of rotatable bonds is 14. The highest BCUT2D eigenvalue weighted by molar-refractivity contribution is 7.98. The molecule has 0 unspecified atom stereocenters. The van der Waals surface area contributed by atoms with Crippen molar-refractivity contribution in [1.82, 2.24) is 25.2 Å². The van der Waals surface area contributed by atoms with E-state index in [1.807, 2.05) is 24.5 Å². The van der Waals surface area contributed by atoms with Crippen LogP contribution in [0.2, 0.25) is 0 Å². The second kappa shape index (κ2) is 16.4. The lowest BCUT2D eigenvalue weighted by Crippen LogP contribution is -2.39. The van der Waals surface area contributed by atoms with E-state index in [1.54, 1.807) is 30.9 Å². The molecule has 270 valence electrons. The summed E-state index contributed by atoms with van der Waals surface area (Å²) in [5.74, 6) is -1.68. The van der Waals surface area contributed by atoms with Gasteiger partial charge in [-0.15, -0.1) is 24.9 Å². The Balaban J connectivity index is 1.43.